The molecule has 0 bridgehead atoms. The van der Waals surface area contributed by atoms with E-state index in [1.807, 2.05) is 12.1 Å². The van der Waals surface area contributed by atoms with Crippen LogP contribution in [0.15, 0.2) is 30.6 Å². The third kappa shape index (κ3) is 2.51. The minimum atomic E-state index is 0.386. The molecule has 0 unspecified atom stereocenters. The van der Waals surface area contributed by atoms with Crippen molar-refractivity contribution in [2.75, 3.05) is 18.2 Å². The van der Waals surface area contributed by atoms with Gasteiger partial charge in [-0.1, -0.05) is 24.3 Å². The SMILES string of the molecule is COc1ncnc(NCc2ccccc2C)c1N. The van der Waals surface area contributed by atoms with Crippen molar-refractivity contribution in [1.29, 1.82) is 0 Å². The lowest BCUT2D eigenvalue weighted by Gasteiger charge is -2.11. The van der Waals surface area contributed by atoms with Gasteiger partial charge >= 0.3 is 0 Å². The Bertz CT molecular complexity index is 542. The maximum atomic E-state index is 5.88. The van der Waals surface area contributed by atoms with Crippen molar-refractivity contribution in [3.63, 3.8) is 0 Å². The predicted molar refractivity (Wildman–Crippen MR) is 71.5 cm³/mol. The van der Waals surface area contributed by atoms with Crippen molar-refractivity contribution in [2.45, 2.75) is 13.5 Å². The minimum Gasteiger partial charge on any atom is -0.479 e. The summed E-state index contributed by atoms with van der Waals surface area (Å²) in [6, 6.07) is 8.16. The van der Waals surface area contributed by atoms with Crippen LogP contribution in [0.1, 0.15) is 11.1 Å². The molecule has 0 atom stereocenters. The Kier molecular flexibility index (Phi) is 3.62. The summed E-state index contributed by atoms with van der Waals surface area (Å²) in [5.74, 6) is 0.974. The fourth-order valence-electron chi connectivity index (χ4n) is 1.67. The zero-order valence-electron chi connectivity index (χ0n) is 10.5. The average molecular weight is 244 g/mol. The predicted octanol–water partition coefficient (Wildman–Crippen LogP) is 1.99. The van der Waals surface area contributed by atoms with Crippen molar-refractivity contribution < 1.29 is 4.74 Å². The Morgan fingerprint density at radius 1 is 1.28 bits per heavy atom. The number of aromatic nitrogens is 2. The maximum Gasteiger partial charge on any atom is 0.242 e. The van der Waals surface area contributed by atoms with Crippen LogP contribution < -0.4 is 15.8 Å². The van der Waals surface area contributed by atoms with Crippen LogP contribution in [0.2, 0.25) is 0 Å². The molecule has 3 N–H and O–H groups in total. The van der Waals surface area contributed by atoms with E-state index in [0.717, 1.165) is 0 Å². The molecule has 0 radical (unpaired) electrons. The minimum absolute atomic E-state index is 0.386. The van der Waals surface area contributed by atoms with Gasteiger partial charge in [-0.3, -0.25) is 0 Å². The number of hydrogen-bond donors (Lipinski definition) is 2. The van der Waals surface area contributed by atoms with Crippen molar-refractivity contribution >= 4 is 11.5 Å². The van der Waals surface area contributed by atoms with Crippen LogP contribution in [0.5, 0.6) is 5.88 Å². The Morgan fingerprint density at radius 2 is 2.06 bits per heavy atom. The zero-order valence-corrected chi connectivity index (χ0v) is 10.5. The van der Waals surface area contributed by atoms with Gasteiger partial charge in [-0.05, 0) is 18.1 Å². The zero-order chi connectivity index (χ0) is 13.0. The molecule has 1 heterocycles. The van der Waals surface area contributed by atoms with Crippen LogP contribution >= 0.6 is 0 Å². The van der Waals surface area contributed by atoms with Gasteiger partial charge in [-0.2, -0.15) is 4.98 Å². The van der Waals surface area contributed by atoms with E-state index in [-0.39, 0.29) is 0 Å². The standard InChI is InChI=1S/C13H16N4O/c1-9-5-3-4-6-10(9)7-15-12-11(14)13(18-2)17-8-16-12/h3-6,8H,7,14H2,1-2H3,(H,15,16,17). The molecule has 5 heteroatoms. The molecule has 2 aromatic rings. The quantitative estimate of drug-likeness (QED) is 0.860. The van der Waals surface area contributed by atoms with E-state index in [1.165, 1.54) is 24.6 Å². The van der Waals surface area contributed by atoms with E-state index in [9.17, 15) is 0 Å². The van der Waals surface area contributed by atoms with Crippen molar-refractivity contribution in [3.05, 3.63) is 41.7 Å². The first-order chi connectivity index (χ1) is 8.72. The largest absolute Gasteiger partial charge is 0.479 e. The highest BCUT2D eigenvalue weighted by Gasteiger charge is 2.07. The van der Waals surface area contributed by atoms with Crippen LogP contribution in [-0.2, 0) is 6.54 Å². The molecular formula is C13H16N4O. The number of anilines is 2. The highest BCUT2D eigenvalue weighted by atomic mass is 16.5. The van der Waals surface area contributed by atoms with Crippen LogP contribution in [0, 0.1) is 6.92 Å². The van der Waals surface area contributed by atoms with E-state index in [4.69, 9.17) is 10.5 Å². The molecule has 0 saturated heterocycles. The van der Waals surface area contributed by atoms with Crippen molar-refractivity contribution in [2.24, 2.45) is 0 Å². The summed E-state index contributed by atoms with van der Waals surface area (Å²) >= 11 is 0. The summed E-state index contributed by atoms with van der Waals surface area (Å²) in [5.41, 5.74) is 8.74. The Balaban J connectivity index is 2.14. The smallest absolute Gasteiger partial charge is 0.242 e. The number of benzene rings is 1. The number of nitrogens with two attached hydrogens (primary N) is 1. The van der Waals surface area contributed by atoms with Crippen LogP contribution in [0.3, 0.4) is 0 Å². The summed E-state index contributed by atoms with van der Waals surface area (Å²) in [7, 11) is 1.53. The third-order valence-corrected chi connectivity index (χ3v) is 2.75. The van der Waals surface area contributed by atoms with Crippen molar-refractivity contribution in [3.8, 4) is 5.88 Å². The fraction of sp³-hybridized carbons (Fsp3) is 0.231. The number of nitrogens with one attached hydrogen (secondary N) is 1. The summed E-state index contributed by atoms with van der Waals surface area (Å²) < 4.78 is 5.05. The number of ether oxygens (including phenoxy) is 1. The van der Waals surface area contributed by atoms with Gasteiger partial charge in [0.25, 0.3) is 0 Å². The molecule has 0 aliphatic heterocycles. The van der Waals surface area contributed by atoms with Gasteiger partial charge in [0.15, 0.2) is 5.82 Å². The van der Waals surface area contributed by atoms with Gasteiger partial charge in [0, 0.05) is 6.54 Å². The van der Waals surface area contributed by atoms with E-state index in [0.29, 0.717) is 23.9 Å². The number of rotatable bonds is 4. The molecule has 94 valence electrons. The van der Waals surface area contributed by atoms with Gasteiger partial charge in [0.05, 0.1) is 7.11 Å². The number of hydrogen-bond acceptors (Lipinski definition) is 5. The van der Waals surface area contributed by atoms with Crippen LogP contribution in [0.25, 0.3) is 0 Å². The molecule has 1 aromatic carbocycles. The van der Waals surface area contributed by atoms with Gasteiger partial charge < -0.3 is 15.8 Å². The third-order valence-electron chi connectivity index (χ3n) is 2.75. The molecule has 0 amide bonds. The lowest BCUT2D eigenvalue weighted by molar-refractivity contribution is 0.399. The maximum absolute atomic E-state index is 5.88. The van der Waals surface area contributed by atoms with E-state index < -0.39 is 0 Å². The lowest BCUT2D eigenvalue weighted by Crippen LogP contribution is -2.07. The lowest BCUT2D eigenvalue weighted by atomic mass is 10.1. The second-order valence-corrected chi connectivity index (χ2v) is 3.93. The van der Waals surface area contributed by atoms with Crippen LogP contribution in [0.4, 0.5) is 11.5 Å². The normalized spacial score (nSPS) is 10.1. The first kappa shape index (κ1) is 12.2. The van der Waals surface area contributed by atoms with Crippen molar-refractivity contribution in [1.82, 2.24) is 9.97 Å². The fourth-order valence-corrected chi connectivity index (χ4v) is 1.67. The van der Waals surface area contributed by atoms with Gasteiger partial charge in [-0.15, -0.1) is 0 Å². The molecule has 5 nitrogen and oxygen atoms in total. The second-order valence-electron chi connectivity index (χ2n) is 3.93. The molecular weight excluding hydrogens is 228 g/mol. The number of methoxy groups -OCH3 is 1. The molecule has 0 fully saturated rings. The first-order valence-electron chi connectivity index (χ1n) is 5.65. The summed E-state index contributed by atoms with van der Waals surface area (Å²) in [4.78, 5) is 8.04. The molecule has 0 saturated carbocycles. The topological polar surface area (TPSA) is 73.1 Å². The summed E-state index contributed by atoms with van der Waals surface area (Å²) in [5, 5.41) is 3.19. The molecule has 1 aromatic heterocycles. The van der Waals surface area contributed by atoms with E-state index >= 15 is 0 Å². The summed E-state index contributed by atoms with van der Waals surface area (Å²) in [6.45, 7) is 2.73. The molecule has 0 spiro atoms. The van der Waals surface area contributed by atoms with Crippen LogP contribution in [-0.4, -0.2) is 17.1 Å². The van der Waals surface area contributed by atoms with E-state index in [1.54, 1.807) is 0 Å². The highest BCUT2D eigenvalue weighted by molar-refractivity contribution is 5.66. The van der Waals surface area contributed by atoms with E-state index in [2.05, 4.69) is 34.3 Å². The highest BCUT2D eigenvalue weighted by Crippen LogP contribution is 2.24. The van der Waals surface area contributed by atoms with Gasteiger partial charge in [-0.25, -0.2) is 4.98 Å². The average Bonchev–Trinajstić information content (AvgIpc) is 2.39. The number of aryl methyl sites for hydroxylation is 1. The molecule has 0 aliphatic rings. The Labute approximate surface area is 106 Å². The molecule has 18 heavy (non-hydrogen) atoms. The second kappa shape index (κ2) is 5.35. The number of nitrogens with zero attached hydrogens (tertiary/aromatic N) is 2. The first-order valence-corrected chi connectivity index (χ1v) is 5.65. The Hall–Kier alpha value is -2.30. The Morgan fingerprint density at radius 3 is 2.78 bits per heavy atom. The summed E-state index contributed by atoms with van der Waals surface area (Å²) in [6.07, 6.45) is 1.43. The number of nitrogen functional groups attached to an aromatic ring is 1. The monoisotopic (exact) mass is 244 g/mol. The molecule has 0 aliphatic carbocycles. The van der Waals surface area contributed by atoms with Gasteiger partial charge in [0.2, 0.25) is 5.88 Å². The van der Waals surface area contributed by atoms with Gasteiger partial charge in [0.1, 0.15) is 12.0 Å². The molecule has 2 rings (SSSR count).